The summed E-state index contributed by atoms with van der Waals surface area (Å²) in [6, 6.07) is 1.53. The second kappa shape index (κ2) is 5.05. The van der Waals surface area contributed by atoms with Crippen LogP contribution in [0, 0.1) is 5.92 Å². The summed E-state index contributed by atoms with van der Waals surface area (Å²) in [5.74, 6) is 0.265. The summed E-state index contributed by atoms with van der Waals surface area (Å²) in [5, 5.41) is 17.9. The predicted molar refractivity (Wildman–Crippen MR) is 63.4 cm³/mol. The second-order valence-electron chi connectivity index (χ2n) is 4.62. The van der Waals surface area contributed by atoms with Gasteiger partial charge in [0, 0.05) is 18.5 Å². The quantitative estimate of drug-likeness (QED) is 0.625. The molecule has 3 unspecified atom stereocenters. The Labute approximate surface area is 104 Å². The molecule has 0 aromatic carbocycles. The number of hydrogen-bond donors (Lipinski definition) is 3. The van der Waals surface area contributed by atoms with Gasteiger partial charge in [-0.15, -0.1) is 0 Å². The highest BCUT2D eigenvalue weighted by molar-refractivity contribution is 5.23. The minimum Gasteiger partial charge on any atom is -0.383 e. The molecule has 1 fully saturated rings. The highest BCUT2D eigenvalue weighted by Crippen LogP contribution is 2.34. The van der Waals surface area contributed by atoms with Crippen molar-refractivity contribution >= 4 is 5.82 Å². The molecule has 0 aliphatic carbocycles. The minimum atomic E-state index is -1.40. The zero-order valence-electron chi connectivity index (χ0n) is 10.1. The maximum absolute atomic E-state index is 11.7. The summed E-state index contributed by atoms with van der Waals surface area (Å²) in [6.45, 7) is 1.94. The van der Waals surface area contributed by atoms with Crippen molar-refractivity contribution in [2.75, 3.05) is 5.73 Å². The third-order valence-electron chi connectivity index (χ3n) is 3.05. The predicted octanol–water partition coefficient (Wildman–Crippen LogP) is -0.550. The van der Waals surface area contributed by atoms with Crippen LogP contribution in [0.25, 0.3) is 0 Å². The van der Waals surface area contributed by atoms with E-state index in [1.165, 1.54) is 10.6 Å². The lowest BCUT2D eigenvalue weighted by Gasteiger charge is -2.18. The lowest BCUT2D eigenvalue weighted by molar-refractivity contribution is -0.0924. The molecule has 2 rings (SSSR count). The zero-order valence-corrected chi connectivity index (χ0v) is 10.1. The molecule has 100 valence electrons. The SMILES string of the molecule is CC1CC(CC(O)O)OC1n1ccc(N)nc1=O. The molecule has 1 saturated heterocycles. The first-order valence-corrected chi connectivity index (χ1v) is 5.83. The van der Waals surface area contributed by atoms with Gasteiger partial charge in [-0.25, -0.2) is 4.79 Å². The Kier molecular flexibility index (Phi) is 3.65. The molecule has 0 saturated carbocycles. The lowest BCUT2D eigenvalue weighted by atomic mass is 10.0. The third-order valence-corrected chi connectivity index (χ3v) is 3.05. The largest absolute Gasteiger partial charge is 0.383 e. The summed E-state index contributed by atoms with van der Waals surface area (Å²) in [5.41, 5.74) is 4.96. The smallest absolute Gasteiger partial charge is 0.351 e. The Morgan fingerprint density at radius 2 is 2.39 bits per heavy atom. The molecule has 3 atom stereocenters. The normalized spacial score (nSPS) is 27.9. The molecule has 0 amide bonds. The number of hydrogen-bond acceptors (Lipinski definition) is 6. The second-order valence-corrected chi connectivity index (χ2v) is 4.62. The van der Waals surface area contributed by atoms with E-state index in [1.54, 1.807) is 6.20 Å². The molecule has 1 aromatic heterocycles. The van der Waals surface area contributed by atoms with Gasteiger partial charge in [-0.1, -0.05) is 6.92 Å². The number of nitrogen functional groups attached to an aromatic ring is 1. The number of aliphatic hydroxyl groups excluding tert-OH is 1. The number of anilines is 1. The third kappa shape index (κ3) is 2.69. The standard InChI is InChI=1S/C11H17N3O4/c1-6-4-7(5-9(15)16)18-10(6)14-3-2-8(12)13-11(14)17/h2-3,6-7,9-10,15-16H,4-5H2,1H3,(H2,12,13,17). The van der Waals surface area contributed by atoms with Crippen molar-refractivity contribution in [3.8, 4) is 0 Å². The highest BCUT2D eigenvalue weighted by Gasteiger charge is 2.34. The summed E-state index contributed by atoms with van der Waals surface area (Å²) in [4.78, 5) is 15.3. The number of aromatic nitrogens is 2. The zero-order chi connectivity index (χ0) is 13.3. The van der Waals surface area contributed by atoms with Crippen molar-refractivity contribution in [1.82, 2.24) is 9.55 Å². The summed E-state index contributed by atoms with van der Waals surface area (Å²) >= 11 is 0. The van der Waals surface area contributed by atoms with E-state index >= 15 is 0 Å². The number of ether oxygens (including phenoxy) is 1. The van der Waals surface area contributed by atoms with Crippen molar-refractivity contribution < 1.29 is 14.9 Å². The van der Waals surface area contributed by atoms with Crippen molar-refractivity contribution in [2.45, 2.75) is 38.4 Å². The van der Waals surface area contributed by atoms with Crippen LogP contribution in [-0.4, -0.2) is 32.2 Å². The molecule has 7 heteroatoms. The van der Waals surface area contributed by atoms with E-state index in [9.17, 15) is 4.79 Å². The average molecular weight is 255 g/mol. The maximum Gasteiger partial charge on any atom is 0.351 e. The summed E-state index contributed by atoms with van der Waals surface area (Å²) in [7, 11) is 0. The molecule has 7 nitrogen and oxygen atoms in total. The van der Waals surface area contributed by atoms with Crippen molar-refractivity contribution in [1.29, 1.82) is 0 Å². The Balaban J connectivity index is 2.16. The maximum atomic E-state index is 11.7. The first-order chi connectivity index (χ1) is 8.47. The fourth-order valence-electron chi connectivity index (χ4n) is 2.26. The molecule has 1 aromatic rings. The van der Waals surface area contributed by atoms with E-state index in [1.807, 2.05) is 6.92 Å². The molecule has 4 N–H and O–H groups in total. The van der Waals surface area contributed by atoms with Crippen molar-refractivity contribution in [3.05, 3.63) is 22.7 Å². The molecule has 2 heterocycles. The van der Waals surface area contributed by atoms with Gasteiger partial charge in [-0.3, -0.25) is 4.57 Å². The van der Waals surface area contributed by atoms with Gasteiger partial charge in [0.05, 0.1) is 6.10 Å². The minimum absolute atomic E-state index is 0.0943. The molecule has 0 bridgehead atoms. The Hall–Kier alpha value is -1.44. The van der Waals surface area contributed by atoms with Gasteiger partial charge in [-0.05, 0) is 12.5 Å². The van der Waals surface area contributed by atoms with Crippen molar-refractivity contribution in [2.24, 2.45) is 5.92 Å². The van der Waals surface area contributed by atoms with Crippen LogP contribution >= 0.6 is 0 Å². The van der Waals surface area contributed by atoms with Gasteiger partial charge in [-0.2, -0.15) is 4.98 Å². The summed E-state index contributed by atoms with van der Waals surface area (Å²) < 4.78 is 7.03. The van der Waals surface area contributed by atoms with Gasteiger partial charge in [0.15, 0.2) is 6.29 Å². The van der Waals surface area contributed by atoms with Gasteiger partial charge in [0.2, 0.25) is 0 Å². The molecule has 0 spiro atoms. The van der Waals surface area contributed by atoms with E-state index in [4.69, 9.17) is 20.7 Å². The number of nitrogens with zero attached hydrogens (tertiary/aromatic N) is 2. The number of nitrogens with two attached hydrogens (primary N) is 1. The summed E-state index contributed by atoms with van der Waals surface area (Å²) in [6.07, 6.45) is 0.242. The lowest BCUT2D eigenvalue weighted by Crippen LogP contribution is -2.29. The topological polar surface area (TPSA) is 111 Å². The van der Waals surface area contributed by atoms with E-state index in [0.717, 1.165) is 0 Å². The van der Waals surface area contributed by atoms with Gasteiger partial charge < -0.3 is 20.7 Å². The van der Waals surface area contributed by atoms with Gasteiger partial charge >= 0.3 is 5.69 Å². The fourth-order valence-corrected chi connectivity index (χ4v) is 2.26. The van der Waals surface area contributed by atoms with Crippen LogP contribution in [0.15, 0.2) is 17.1 Å². The van der Waals surface area contributed by atoms with E-state index in [-0.39, 0.29) is 24.3 Å². The van der Waals surface area contributed by atoms with Crippen LogP contribution < -0.4 is 11.4 Å². The first-order valence-electron chi connectivity index (χ1n) is 5.83. The van der Waals surface area contributed by atoms with E-state index in [2.05, 4.69) is 4.98 Å². The molecular weight excluding hydrogens is 238 g/mol. The monoisotopic (exact) mass is 255 g/mol. The Morgan fingerprint density at radius 1 is 1.67 bits per heavy atom. The van der Waals surface area contributed by atoms with Crippen LogP contribution in [0.5, 0.6) is 0 Å². The van der Waals surface area contributed by atoms with Crippen LogP contribution in [-0.2, 0) is 4.74 Å². The van der Waals surface area contributed by atoms with E-state index < -0.39 is 18.2 Å². The molecule has 1 aliphatic rings. The van der Waals surface area contributed by atoms with Gasteiger partial charge in [0.1, 0.15) is 12.0 Å². The van der Waals surface area contributed by atoms with Crippen molar-refractivity contribution in [3.63, 3.8) is 0 Å². The Bertz CT molecular complexity index is 474. The Morgan fingerprint density at radius 3 is 3.00 bits per heavy atom. The number of rotatable bonds is 3. The average Bonchev–Trinajstić information content (AvgIpc) is 2.58. The fraction of sp³-hybridized carbons (Fsp3) is 0.636. The van der Waals surface area contributed by atoms with Gasteiger partial charge in [0.25, 0.3) is 0 Å². The number of aliphatic hydroxyl groups is 2. The van der Waals surface area contributed by atoms with E-state index in [0.29, 0.717) is 6.42 Å². The molecular formula is C11H17N3O4. The van der Waals surface area contributed by atoms with Crippen LogP contribution in [0.4, 0.5) is 5.82 Å². The molecule has 1 aliphatic heterocycles. The first kappa shape index (κ1) is 13.0. The van der Waals surface area contributed by atoms with Crippen LogP contribution in [0.2, 0.25) is 0 Å². The molecule has 0 radical (unpaired) electrons. The van der Waals surface area contributed by atoms with Crippen LogP contribution in [0.1, 0.15) is 26.0 Å². The highest BCUT2D eigenvalue weighted by atomic mass is 16.5. The molecule has 18 heavy (non-hydrogen) atoms. The van der Waals surface area contributed by atoms with Crippen LogP contribution in [0.3, 0.4) is 0 Å².